The Hall–Kier alpha value is -1.65. The van der Waals surface area contributed by atoms with E-state index in [0.29, 0.717) is 0 Å². The Bertz CT molecular complexity index is 366. The van der Waals surface area contributed by atoms with E-state index in [1.807, 2.05) is 0 Å². The lowest BCUT2D eigenvalue weighted by Gasteiger charge is -2.06. The van der Waals surface area contributed by atoms with Crippen molar-refractivity contribution in [2.24, 2.45) is 5.73 Å². The summed E-state index contributed by atoms with van der Waals surface area (Å²) in [5.74, 6) is -2.59. The second-order valence-electron chi connectivity index (χ2n) is 2.69. The maximum Gasteiger partial charge on any atom is 0.222 e. The molecule has 0 unspecified atom stereocenters. The highest BCUT2D eigenvalue weighted by Crippen LogP contribution is 2.22. The van der Waals surface area contributed by atoms with E-state index in [1.165, 1.54) is 7.11 Å². The van der Waals surface area contributed by atoms with Crippen LogP contribution in [0.1, 0.15) is 5.56 Å². The third kappa shape index (κ3) is 1.99. The molecule has 2 N–H and O–H groups in total. The fraction of sp³-hybridized carbons (Fsp3) is 0.222. The highest BCUT2D eigenvalue weighted by Gasteiger charge is 2.15. The van der Waals surface area contributed by atoms with Crippen molar-refractivity contribution < 1.29 is 18.3 Å². The lowest BCUT2D eigenvalue weighted by Crippen LogP contribution is -2.16. The molecule has 0 aliphatic rings. The van der Waals surface area contributed by atoms with E-state index in [9.17, 15) is 13.6 Å². The standard InChI is InChI=1S/C9H9F2NO2/c1-14-7-3-2-6(10)5(9(7)11)4-8(12)13/h2-3H,4H2,1H3,(H2,12,13). The summed E-state index contributed by atoms with van der Waals surface area (Å²) < 4.78 is 31.0. The smallest absolute Gasteiger partial charge is 0.222 e. The van der Waals surface area contributed by atoms with Crippen molar-refractivity contribution >= 4 is 5.91 Å². The molecule has 0 aliphatic heterocycles. The predicted octanol–water partition coefficient (Wildman–Crippen LogP) is 1.00. The topological polar surface area (TPSA) is 52.3 Å². The second-order valence-corrected chi connectivity index (χ2v) is 2.69. The minimum Gasteiger partial charge on any atom is -0.494 e. The van der Waals surface area contributed by atoms with Crippen molar-refractivity contribution in [3.05, 3.63) is 29.3 Å². The molecule has 0 bridgehead atoms. The minimum atomic E-state index is -0.883. The molecule has 1 aromatic rings. The minimum absolute atomic E-state index is 0.109. The van der Waals surface area contributed by atoms with E-state index in [2.05, 4.69) is 4.74 Å². The van der Waals surface area contributed by atoms with Gasteiger partial charge in [0.15, 0.2) is 11.6 Å². The number of methoxy groups -OCH3 is 1. The van der Waals surface area contributed by atoms with Gasteiger partial charge in [0.2, 0.25) is 5.91 Å². The Morgan fingerprint density at radius 3 is 2.64 bits per heavy atom. The van der Waals surface area contributed by atoms with Gasteiger partial charge in [0.1, 0.15) is 5.82 Å². The molecule has 0 fully saturated rings. The summed E-state index contributed by atoms with van der Waals surface area (Å²) in [7, 11) is 1.25. The lowest BCUT2D eigenvalue weighted by molar-refractivity contribution is -0.117. The maximum atomic E-state index is 13.3. The number of rotatable bonds is 3. The van der Waals surface area contributed by atoms with Gasteiger partial charge in [0, 0.05) is 5.56 Å². The molecule has 14 heavy (non-hydrogen) atoms. The molecule has 0 radical (unpaired) electrons. The third-order valence-corrected chi connectivity index (χ3v) is 1.72. The van der Waals surface area contributed by atoms with Crippen LogP contribution in [0.25, 0.3) is 0 Å². The monoisotopic (exact) mass is 201 g/mol. The highest BCUT2D eigenvalue weighted by atomic mass is 19.1. The number of amides is 1. The molecule has 1 rings (SSSR count). The fourth-order valence-corrected chi connectivity index (χ4v) is 1.07. The summed E-state index contributed by atoms with van der Waals surface area (Å²) in [6.45, 7) is 0. The van der Waals surface area contributed by atoms with Gasteiger partial charge in [-0.1, -0.05) is 0 Å². The summed E-state index contributed by atoms with van der Waals surface area (Å²) >= 11 is 0. The maximum absolute atomic E-state index is 13.3. The Kier molecular flexibility index (Phi) is 3.01. The number of benzene rings is 1. The van der Waals surface area contributed by atoms with Gasteiger partial charge in [0.05, 0.1) is 13.5 Å². The summed E-state index contributed by atoms with van der Waals surface area (Å²) in [5.41, 5.74) is 4.48. The second kappa shape index (κ2) is 4.04. The van der Waals surface area contributed by atoms with Gasteiger partial charge in [-0.2, -0.15) is 0 Å². The van der Waals surface area contributed by atoms with Crippen LogP contribution < -0.4 is 10.5 Å². The molecule has 0 saturated carbocycles. The molecule has 3 nitrogen and oxygen atoms in total. The zero-order valence-electron chi connectivity index (χ0n) is 7.51. The van der Waals surface area contributed by atoms with Gasteiger partial charge in [-0.3, -0.25) is 4.79 Å². The molecule has 0 spiro atoms. The van der Waals surface area contributed by atoms with E-state index in [4.69, 9.17) is 5.73 Å². The van der Waals surface area contributed by atoms with Crippen molar-refractivity contribution in [3.8, 4) is 5.75 Å². The average molecular weight is 201 g/mol. The van der Waals surface area contributed by atoms with Crippen LogP contribution in [0.2, 0.25) is 0 Å². The lowest BCUT2D eigenvalue weighted by atomic mass is 10.1. The van der Waals surface area contributed by atoms with Crippen molar-refractivity contribution in [2.75, 3.05) is 7.11 Å². The fourth-order valence-electron chi connectivity index (χ4n) is 1.07. The average Bonchev–Trinajstić information content (AvgIpc) is 2.12. The SMILES string of the molecule is COc1ccc(F)c(CC(N)=O)c1F. The van der Waals surface area contributed by atoms with Gasteiger partial charge in [-0.15, -0.1) is 0 Å². The van der Waals surface area contributed by atoms with Crippen molar-refractivity contribution in [1.82, 2.24) is 0 Å². The molecule has 0 aromatic heterocycles. The van der Waals surface area contributed by atoms with E-state index in [-0.39, 0.29) is 11.3 Å². The number of hydrogen-bond acceptors (Lipinski definition) is 2. The van der Waals surface area contributed by atoms with Gasteiger partial charge < -0.3 is 10.5 Å². The molecule has 0 saturated heterocycles. The van der Waals surface area contributed by atoms with E-state index in [0.717, 1.165) is 12.1 Å². The Labute approximate surface area is 79.5 Å². The molecular formula is C9H9F2NO2. The number of nitrogens with two attached hydrogens (primary N) is 1. The number of primary amides is 1. The van der Waals surface area contributed by atoms with E-state index >= 15 is 0 Å². The Balaban J connectivity index is 3.18. The van der Waals surface area contributed by atoms with Gasteiger partial charge in [-0.25, -0.2) is 8.78 Å². The van der Waals surface area contributed by atoms with Crippen LogP contribution in [-0.4, -0.2) is 13.0 Å². The van der Waals surface area contributed by atoms with Gasteiger partial charge in [0.25, 0.3) is 0 Å². The quantitative estimate of drug-likeness (QED) is 0.793. The van der Waals surface area contributed by atoms with Crippen LogP contribution in [0, 0.1) is 11.6 Å². The molecule has 1 amide bonds. The van der Waals surface area contributed by atoms with Crippen LogP contribution in [-0.2, 0) is 11.2 Å². The summed E-state index contributed by atoms with van der Waals surface area (Å²) in [6, 6.07) is 2.18. The summed E-state index contributed by atoms with van der Waals surface area (Å²) in [4.78, 5) is 10.5. The van der Waals surface area contributed by atoms with Gasteiger partial charge in [-0.05, 0) is 12.1 Å². The van der Waals surface area contributed by atoms with Crippen LogP contribution in [0.15, 0.2) is 12.1 Å². The molecular weight excluding hydrogens is 192 g/mol. The molecule has 5 heteroatoms. The van der Waals surface area contributed by atoms with Crippen LogP contribution in [0.4, 0.5) is 8.78 Å². The van der Waals surface area contributed by atoms with Crippen LogP contribution in [0.3, 0.4) is 0 Å². The number of halogens is 2. The molecule has 0 heterocycles. The Morgan fingerprint density at radius 1 is 1.50 bits per heavy atom. The molecule has 0 aliphatic carbocycles. The largest absolute Gasteiger partial charge is 0.494 e. The zero-order chi connectivity index (χ0) is 10.7. The predicted molar refractivity (Wildman–Crippen MR) is 45.8 cm³/mol. The summed E-state index contributed by atoms with van der Waals surface area (Å²) in [5, 5.41) is 0. The zero-order valence-corrected chi connectivity index (χ0v) is 7.51. The van der Waals surface area contributed by atoms with E-state index < -0.39 is 24.0 Å². The first-order chi connectivity index (χ1) is 6.56. The first kappa shape index (κ1) is 10.4. The number of hydrogen-bond donors (Lipinski definition) is 1. The molecule has 1 aromatic carbocycles. The molecule has 0 atom stereocenters. The first-order valence-electron chi connectivity index (χ1n) is 3.85. The first-order valence-corrected chi connectivity index (χ1v) is 3.85. The Morgan fingerprint density at radius 2 is 2.14 bits per heavy atom. The highest BCUT2D eigenvalue weighted by molar-refractivity contribution is 5.76. The number of carbonyl (C=O) groups excluding carboxylic acids is 1. The van der Waals surface area contributed by atoms with Crippen LogP contribution in [0.5, 0.6) is 5.75 Å². The number of carbonyl (C=O) groups is 1. The normalized spacial score (nSPS) is 9.93. The van der Waals surface area contributed by atoms with Crippen molar-refractivity contribution in [3.63, 3.8) is 0 Å². The number of ether oxygens (including phenoxy) is 1. The van der Waals surface area contributed by atoms with Crippen LogP contribution >= 0.6 is 0 Å². The van der Waals surface area contributed by atoms with Gasteiger partial charge >= 0.3 is 0 Å². The van der Waals surface area contributed by atoms with Crippen molar-refractivity contribution in [2.45, 2.75) is 6.42 Å². The third-order valence-electron chi connectivity index (χ3n) is 1.72. The van der Waals surface area contributed by atoms with Crippen molar-refractivity contribution in [1.29, 1.82) is 0 Å². The van der Waals surface area contributed by atoms with E-state index in [1.54, 1.807) is 0 Å². The molecule has 76 valence electrons. The summed E-state index contributed by atoms with van der Waals surface area (Å²) in [6.07, 6.45) is -0.477.